The van der Waals surface area contributed by atoms with Crippen molar-refractivity contribution in [3.8, 4) is 0 Å². The molecule has 0 aliphatic carbocycles. The molecular formula is C12H17ClN2O4S2. The lowest BCUT2D eigenvalue weighted by Crippen LogP contribution is -2.39. The van der Waals surface area contributed by atoms with Gasteiger partial charge in [-0.3, -0.25) is 10.1 Å². The van der Waals surface area contributed by atoms with Gasteiger partial charge >= 0.3 is 0 Å². The van der Waals surface area contributed by atoms with Crippen LogP contribution in [0.15, 0.2) is 10.3 Å². The van der Waals surface area contributed by atoms with Gasteiger partial charge < -0.3 is 0 Å². The van der Waals surface area contributed by atoms with Gasteiger partial charge in [0, 0.05) is 18.7 Å². The SMILES string of the molecule is CCC1CCCCCN1S(=O)(=O)c1cc([N+](=O)[O-])c(Cl)s1. The predicted molar refractivity (Wildman–Crippen MR) is 82.4 cm³/mol. The minimum Gasteiger partial charge on any atom is -0.258 e. The van der Waals surface area contributed by atoms with E-state index in [1.807, 2.05) is 6.92 Å². The molecular weight excluding hydrogens is 336 g/mol. The monoisotopic (exact) mass is 352 g/mol. The Bertz CT molecular complexity index is 629. The minimum atomic E-state index is -3.72. The van der Waals surface area contributed by atoms with E-state index in [0.29, 0.717) is 6.54 Å². The zero-order valence-corrected chi connectivity index (χ0v) is 14.0. The molecule has 0 radical (unpaired) electrons. The van der Waals surface area contributed by atoms with E-state index in [4.69, 9.17) is 11.6 Å². The number of rotatable bonds is 4. The van der Waals surface area contributed by atoms with Crippen molar-refractivity contribution in [2.45, 2.75) is 49.3 Å². The third-order valence-corrected chi connectivity index (χ3v) is 7.44. The van der Waals surface area contributed by atoms with E-state index < -0.39 is 14.9 Å². The molecule has 1 aliphatic rings. The first-order valence-corrected chi connectivity index (χ1v) is 9.47. The normalized spacial score (nSPS) is 21.1. The lowest BCUT2D eigenvalue weighted by molar-refractivity contribution is -0.384. The summed E-state index contributed by atoms with van der Waals surface area (Å²) in [4.78, 5) is 10.2. The Morgan fingerprint density at radius 1 is 1.48 bits per heavy atom. The van der Waals surface area contributed by atoms with Gasteiger partial charge in [0.2, 0.25) is 0 Å². The fraction of sp³-hybridized carbons (Fsp3) is 0.667. The average molecular weight is 353 g/mol. The molecule has 1 fully saturated rings. The molecule has 1 saturated heterocycles. The minimum absolute atomic E-state index is 0.0421. The van der Waals surface area contributed by atoms with Gasteiger partial charge in [-0.25, -0.2) is 8.42 Å². The number of thiophene rings is 1. The number of hydrogen-bond acceptors (Lipinski definition) is 5. The summed E-state index contributed by atoms with van der Waals surface area (Å²) < 4.78 is 26.9. The van der Waals surface area contributed by atoms with Crippen molar-refractivity contribution >= 4 is 38.6 Å². The molecule has 0 amide bonds. The van der Waals surface area contributed by atoms with E-state index in [1.165, 1.54) is 4.31 Å². The average Bonchev–Trinajstić information content (AvgIpc) is 2.68. The van der Waals surface area contributed by atoms with E-state index in [0.717, 1.165) is 49.5 Å². The Morgan fingerprint density at radius 3 is 2.76 bits per heavy atom. The molecule has 21 heavy (non-hydrogen) atoms. The molecule has 2 heterocycles. The highest BCUT2D eigenvalue weighted by molar-refractivity contribution is 7.91. The topological polar surface area (TPSA) is 80.5 Å². The summed E-state index contributed by atoms with van der Waals surface area (Å²) in [5.74, 6) is 0. The first-order chi connectivity index (χ1) is 9.87. The molecule has 2 rings (SSSR count). The second-order valence-corrected chi connectivity index (χ2v) is 8.78. The van der Waals surface area contributed by atoms with E-state index >= 15 is 0 Å². The third kappa shape index (κ3) is 3.39. The highest BCUT2D eigenvalue weighted by atomic mass is 35.5. The van der Waals surface area contributed by atoms with Gasteiger partial charge in [0.25, 0.3) is 15.7 Å². The zero-order chi connectivity index (χ0) is 15.6. The molecule has 1 aromatic heterocycles. The molecule has 0 N–H and O–H groups in total. The molecule has 118 valence electrons. The number of hydrogen-bond donors (Lipinski definition) is 0. The van der Waals surface area contributed by atoms with Crippen molar-refractivity contribution in [3.63, 3.8) is 0 Å². The lowest BCUT2D eigenvalue weighted by Gasteiger charge is -2.27. The molecule has 1 aromatic rings. The first-order valence-electron chi connectivity index (χ1n) is 6.83. The Balaban J connectivity index is 2.40. The van der Waals surface area contributed by atoms with Crippen LogP contribution in [0, 0.1) is 10.1 Å². The highest BCUT2D eigenvalue weighted by Gasteiger charge is 2.34. The number of nitro groups is 1. The Hall–Kier alpha value is -0.700. The molecule has 0 bridgehead atoms. The van der Waals surface area contributed by atoms with Crippen LogP contribution in [0.4, 0.5) is 5.69 Å². The maximum atomic E-state index is 12.8. The third-order valence-electron chi connectivity index (χ3n) is 3.70. The molecule has 6 nitrogen and oxygen atoms in total. The lowest BCUT2D eigenvalue weighted by atomic mass is 10.1. The summed E-state index contributed by atoms with van der Waals surface area (Å²) >= 11 is 6.54. The summed E-state index contributed by atoms with van der Waals surface area (Å²) in [7, 11) is -3.72. The van der Waals surface area contributed by atoms with Crippen molar-refractivity contribution < 1.29 is 13.3 Å². The second kappa shape index (κ2) is 6.60. The van der Waals surface area contributed by atoms with Gasteiger partial charge in [-0.15, -0.1) is 11.3 Å². The van der Waals surface area contributed by atoms with Crippen LogP contribution in [0.2, 0.25) is 4.34 Å². The molecule has 1 atom stereocenters. The fourth-order valence-electron chi connectivity index (χ4n) is 2.58. The summed E-state index contributed by atoms with van der Waals surface area (Å²) in [5.41, 5.74) is -0.344. The van der Waals surface area contributed by atoms with E-state index in [9.17, 15) is 18.5 Å². The molecule has 1 aliphatic heterocycles. The van der Waals surface area contributed by atoms with Gasteiger partial charge in [0.1, 0.15) is 4.21 Å². The van der Waals surface area contributed by atoms with Crippen LogP contribution in [0.25, 0.3) is 0 Å². The van der Waals surface area contributed by atoms with Crippen LogP contribution in [-0.4, -0.2) is 30.2 Å². The standard InChI is InChI=1S/C12H17ClN2O4S2/c1-2-9-6-4-3-5-7-14(9)21(18,19)11-8-10(15(16)17)12(13)20-11/h8-9H,2-7H2,1H3. The number of nitrogens with zero attached hydrogens (tertiary/aromatic N) is 2. The Morgan fingerprint density at radius 2 is 2.19 bits per heavy atom. The smallest absolute Gasteiger partial charge is 0.258 e. The molecule has 9 heteroatoms. The fourth-order valence-corrected chi connectivity index (χ4v) is 6.14. The molecule has 0 spiro atoms. The van der Waals surface area contributed by atoms with Crippen LogP contribution in [0.1, 0.15) is 39.0 Å². The first kappa shape index (κ1) is 16.7. The van der Waals surface area contributed by atoms with Crippen molar-refractivity contribution in [1.29, 1.82) is 0 Å². The number of halogens is 1. The van der Waals surface area contributed by atoms with Gasteiger partial charge in [-0.1, -0.05) is 31.4 Å². The van der Waals surface area contributed by atoms with Crippen LogP contribution in [-0.2, 0) is 10.0 Å². The second-order valence-electron chi connectivity index (χ2n) is 5.01. The van der Waals surface area contributed by atoms with Crippen molar-refractivity contribution in [1.82, 2.24) is 4.31 Å². The largest absolute Gasteiger partial charge is 0.300 e. The van der Waals surface area contributed by atoms with Crippen LogP contribution < -0.4 is 0 Å². The molecule has 0 aromatic carbocycles. The van der Waals surface area contributed by atoms with Gasteiger partial charge in [-0.05, 0) is 19.3 Å². The molecule has 0 saturated carbocycles. The summed E-state index contributed by atoms with van der Waals surface area (Å²) in [6.45, 7) is 2.42. The summed E-state index contributed by atoms with van der Waals surface area (Å²) in [6, 6.07) is 1.03. The van der Waals surface area contributed by atoms with Gasteiger partial charge in [0.15, 0.2) is 4.34 Å². The van der Waals surface area contributed by atoms with Crippen molar-refractivity contribution in [3.05, 3.63) is 20.5 Å². The van der Waals surface area contributed by atoms with Gasteiger partial charge in [0.05, 0.1) is 4.92 Å². The maximum Gasteiger partial charge on any atom is 0.300 e. The number of sulfonamides is 1. The Kier molecular flexibility index (Phi) is 5.24. The quantitative estimate of drug-likeness (QED) is 0.611. The maximum absolute atomic E-state index is 12.8. The molecule has 1 unspecified atom stereocenters. The van der Waals surface area contributed by atoms with Crippen molar-refractivity contribution in [2.75, 3.05) is 6.54 Å². The van der Waals surface area contributed by atoms with Crippen LogP contribution in [0.3, 0.4) is 0 Å². The van der Waals surface area contributed by atoms with Crippen LogP contribution in [0.5, 0.6) is 0 Å². The Labute approximate surface area is 132 Å². The van der Waals surface area contributed by atoms with Gasteiger partial charge in [-0.2, -0.15) is 4.31 Å². The highest BCUT2D eigenvalue weighted by Crippen LogP contribution is 2.38. The summed E-state index contributed by atoms with van der Waals surface area (Å²) in [6.07, 6.45) is 4.40. The van der Waals surface area contributed by atoms with E-state index in [-0.39, 0.29) is 20.3 Å². The predicted octanol–water partition coefficient (Wildman–Crippen LogP) is 3.65. The van der Waals surface area contributed by atoms with E-state index in [1.54, 1.807) is 0 Å². The summed E-state index contributed by atoms with van der Waals surface area (Å²) in [5, 5.41) is 10.8. The van der Waals surface area contributed by atoms with Crippen molar-refractivity contribution in [2.24, 2.45) is 0 Å². The zero-order valence-electron chi connectivity index (χ0n) is 11.6. The van der Waals surface area contributed by atoms with E-state index in [2.05, 4.69) is 0 Å². The van der Waals surface area contributed by atoms with Crippen LogP contribution >= 0.6 is 22.9 Å².